The molecule has 14 heteroatoms. The number of hydrogen-bond acceptors (Lipinski definition) is 10. The molecule has 232 valence electrons. The molecule has 14 nitrogen and oxygen atoms in total. The Labute approximate surface area is 246 Å². The van der Waals surface area contributed by atoms with Crippen molar-refractivity contribution in [2.75, 3.05) is 45.8 Å². The van der Waals surface area contributed by atoms with Gasteiger partial charge in [0.05, 0.1) is 6.54 Å². The van der Waals surface area contributed by atoms with E-state index in [4.69, 9.17) is 5.11 Å². The second kappa shape index (κ2) is 18.4. The first-order chi connectivity index (χ1) is 20.1. The molecule has 6 N–H and O–H groups in total. The minimum absolute atomic E-state index is 0.0419. The van der Waals surface area contributed by atoms with Gasteiger partial charge in [-0.25, -0.2) is 0 Å². The maximum Gasteiger partial charge on any atom is 0.320 e. The maximum absolute atomic E-state index is 12.7. The third-order valence-electron chi connectivity index (χ3n) is 6.53. The third-order valence-corrected chi connectivity index (χ3v) is 6.53. The predicted octanol–water partition coefficient (Wildman–Crippen LogP) is 0.771. The fraction of sp³-hybridized carbons (Fsp3) is 0.571. The topological polar surface area (TPSA) is 188 Å². The number of benzene rings is 1. The minimum atomic E-state index is -1.01. The number of nitrogens with one attached hydrogen (secondary N) is 4. The number of carbonyl (C=O) groups excluding carboxylic acids is 2. The molecule has 0 aliphatic carbocycles. The lowest BCUT2D eigenvalue weighted by molar-refractivity contribution is -0.144. The van der Waals surface area contributed by atoms with Crippen LogP contribution < -0.4 is 21.5 Å². The van der Waals surface area contributed by atoms with Crippen molar-refractivity contribution in [1.82, 2.24) is 31.3 Å². The van der Waals surface area contributed by atoms with Crippen LogP contribution in [0.4, 0.5) is 0 Å². The fourth-order valence-electron chi connectivity index (χ4n) is 4.62. The van der Waals surface area contributed by atoms with E-state index in [2.05, 4.69) is 31.7 Å². The van der Waals surface area contributed by atoms with Crippen LogP contribution in [0.5, 0.6) is 0 Å². The highest BCUT2D eigenvalue weighted by Gasteiger charge is 2.26. The number of carboxylic acids is 2. The van der Waals surface area contributed by atoms with Gasteiger partial charge in [-0.05, 0) is 69.5 Å². The van der Waals surface area contributed by atoms with Crippen molar-refractivity contribution in [3.05, 3.63) is 34.9 Å². The highest BCUT2D eigenvalue weighted by molar-refractivity contribution is 6.03. The van der Waals surface area contributed by atoms with Crippen LogP contribution in [0.15, 0.2) is 28.4 Å². The van der Waals surface area contributed by atoms with Gasteiger partial charge >= 0.3 is 11.9 Å². The fourth-order valence-corrected chi connectivity index (χ4v) is 4.62. The summed E-state index contributed by atoms with van der Waals surface area (Å²) in [6.45, 7) is 8.35. The van der Waals surface area contributed by atoms with Gasteiger partial charge in [0.2, 0.25) is 5.91 Å². The zero-order chi connectivity index (χ0) is 30.9. The quantitative estimate of drug-likeness (QED) is 0.119. The van der Waals surface area contributed by atoms with Crippen LogP contribution in [0.25, 0.3) is 0 Å². The molecular weight excluding hydrogens is 544 g/mol. The molecule has 0 fully saturated rings. The number of carbonyl (C=O) groups is 4. The van der Waals surface area contributed by atoms with E-state index in [1.54, 1.807) is 17.0 Å². The van der Waals surface area contributed by atoms with Gasteiger partial charge in [0.1, 0.15) is 12.4 Å². The molecule has 0 bridgehead atoms. The molecule has 1 aliphatic rings. The molecule has 0 saturated carbocycles. The van der Waals surface area contributed by atoms with Crippen molar-refractivity contribution in [3.8, 4) is 0 Å². The summed E-state index contributed by atoms with van der Waals surface area (Å²) in [7, 11) is 0. The molecule has 1 aromatic rings. The zero-order valence-corrected chi connectivity index (χ0v) is 24.7. The molecule has 2 amide bonds. The molecular formula is C28H44N8O6. The van der Waals surface area contributed by atoms with Crippen LogP contribution in [0, 0.1) is 6.92 Å². The van der Waals surface area contributed by atoms with E-state index in [-0.39, 0.29) is 31.2 Å². The van der Waals surface area contributed by atoms with Crippen molar-refractivity contribution in [1.29, 1.82) is 0 Å². The van der Waals surface area contributed by atoms with Crippen LogP contribution in [-0.2, 0) is 14.4 Å². The average Bonchev–Trinajstić information content (AvgIpc) is 2.95. The van der Waals surface area contributed by atoms with E-state index in [9.17, 15) is 24.3 Å². The molecule has 0 aromatic heterocycles. The number of rotatable bonds is 20. The normalized spacial score (nSPS) is 13.2. The van der Waals surface area contributed by atoms with Crippen LogP contribution in [0.1, 0.15) is 67.4 Å². The van der Waals surface area contributed by atoms with E-state index >= 15 is 0 Å². The van der Waals surface area contributed by atoms with Gasteiger partial charge in [0.25, 0.3) is 5.91 Å². The first-order valence-corrected chi connectivity index (χ1v) is 14.3. The summed E-state index contributed by atoms with van der Waals surface area (Å²) in [6.07, 6.45) is 3.62. The van der Waals surface area contributed by atoms with E-state index in [0.717, 1.165) is 18.4 Å². The molecule has 1 aromatic carbocycles. The summed E-state index contributed by atoms with van der Waals surface area (Å²) in [5.74, 6) is -1.94. The van der Waals surface area contributed by atoms with Crippen molar-refractivity contribution >= 4 is 35.9 Å². The Balaban J connectivity index is 1.78. The Morgan fingerprint density at radius 2 is 1.71 bits per heavy atom. The summed E-state index contributed by atoms with van der Waals surface area (Å²) in [6, 6.07) is 4.53. The van der Waals surface area contributed by atoms with E-state index in [1.807, 2.05) is 31.7 Å². The second-order valence-corrected chi connectivity index (χ2v) is 10.1. The molecule has 0 radical (unpaired) electrons. The molecule has 0 spiro atoms. The Kier molecular flexibility index (Phi) is 15.0. The summed E-state index contributed by atoms with van der Waals surface area (Å²) >= 11 is 0. The van der Waals surface area contributed by atoms with Gasteiger partial charge in [0, 0.05) is 43.7 Å². The standard InChI is InChI=1S/C28H44N8O6/c1-4-11-35(18-25(38)39)13-14-36(12-5-2)23(28(41)42)7-8-24(37)29-9-6-10-30-27(40)22-16-20(3)15-21(17-22)26-33-31-19-32-34-26/h15-17,19,23H,4-14,18H2,1-3H3,(H,29,37)(H,30,40)(H,31,32)(H,33,34)(H,38,39)(H,41,42). The van der Waals surface area contributed by atoms with E-state index in [0.29, 0.717) is 62.7 Å². The molecule has 1 heterocycles. The zero-order valence-electron chi connectivity index (χ0n) is 24.7. The van der Waals surface area contributed by atoms with Gasteiger partial charge in [-0.15, -0.1) is 0 Å². The van der Waals surface area contributed by atoms with Gasteiger partial charge in [-0.3, -0.25) is 39.8 Å². The number of aliphatic carboxylic acids is 2. The van der Waals surface area contributed by atoms with Gasteiger partial charge in [0.15, 0.2) is 5.84 Å². The molecule has 2 rings (SSSR count). The smallest absolute Gasteiger partial charge is 0.320 e. The first-order valence-electron chi connectivity index (χ1n) is 14.3. The van der Waals surface area contributed by atoms with E-state index < -0.39 is 18.0 Å². The van der Waals surface area contributed by atoms with Crippen molar-refractivity contribution in [2.45, 2.75) is 58.9 Å². The van der Waals surface area contributed by atoms with Crippen LogP contribution in [-0.4, -0.2) is 108 Å². The Morgan fingerprint density at radius 3 is 2.36 bits per heavy atom. The van der Waals surface area contributed by atoms with Crippen molar-refractivity contribution in [2.24, 2.45) is 10.2 Å². The highest BCUT2D eigenvalue weighted by Crippen LogP contribution is 2.12. The first kappa shape index (κ1) is 34.2. The number of amides is 2. The van der Waals surface area contributed by atoms with Gasteiger partial charge in [-0.2, -0.15) is 10.2 Å². The van der Waals surface area contributed by atoms with E-state index in [1.165, 1.54) is 6.34 Å². The lowest BCUT2D eigenvalue weighted by Gasteiger charge is -2.31. The van der Waals surface area contributed by atoms with Gasteiger partial charge in [-0.1, -0.05) is 13.8 Å². The molecule has 1 aliphatic heterocycles. The largest absolute Gasteiger partial charge is 0.480 e. The summed E-state index contributed by atoms with van der Waals surface area (Å²) in [4.78, 5) is 51.9. The number of hydrogen-bond donors (Lipinski definition) is 6. The Bertz CT molecular complexity index is 1130. The Morgan fingerprint density at radius 1 is 0.976 bits per heavy atom. The van der Waals surface area contributed by atoms with Crippen molar-refractivity contribution in [3.63, 3.8) is 0 Å². The minimum Gasteiger partial charge on any atom is -0.480 e. The van der Waals surface area contributed by atoms with Crippen LogP contribution in [0.2, 0.25) is 0 Å². The van der Waals surface area contributed by atoms with Gasteiger partial charge < -0.3 is 20.8 Å². The number of aryl methyl sites for hydroxylation is 1. The average molecular weight is 589 g/mol. The highest BCUT2D eigenvalue weighted by atomic mass is 16.4. The second-order valence-electron chi connectivity index (χ2n) is 10.1. The summed E-state index contributed by atoms with van der Waals surface area (Å²) in [5.41, 5.74) is 7.52. The maximum atomic E-state index is 12.7. The number of amidine groups is 1. The lowest BCUT2D eigenvalue weighted by atomic mass is 10.1. The molecule has 1 atom stereocenters. The molecule has 42 heavy (non-hydrogen) atoms. The Hall–Kier alpha value is -4.04. The molecule has 1 unspecified atom stereocenters. The van der Waals surface area contributed by atoms with Crippen LogP contribution in [0.3, 0.4) is 0 Å². The monoisotopic (exact) mass is 588 g/mol. The predicted molar refractivity (Wildman–Crippen MR) is 159 cm³/mol. The lowest BCUT2D eigenvalue weighted by Crippen LogP contribution is -2.46. The summed E-state index contributed by atoms with van der Waals surface area (Å²) in [5, 5.41) is 32.6. The number of carboxylic acid groups (broad SMARTS) is 2. The third kappa shape index (κ3) is 12.2. The van der Waals surface area contributed by atoms with Crippen LogP contribution >= 0.6 is 0 Å². The number of hydrazone groups is 2. The molecule has 0 saturated heterocycles. The SMILES string of the molecule is CCCN(CCN(CCC)C(CCC(=O)NCCCNC(=O)c1cc(C)cc(C2=NNC=NN2)c1)C(=O)O)CC(=O)O. The van der Waals surface area contributed by atoms with Crippen molar-refractivity contribution < 1.29 is 29.4 Å². The number of nitrogens with zero attached hydrogens (tertiary/aromatic N) is 4. The summed E-state index contributed by atoms with van der Waals surface area (Å²) < 4.78 is 0.